The maximum atomic E-state index is 13.6. The summed E-state index contributed by atoms with van der Waals surface area (Å²) >= 11 is 13.7. The summed E-state index contributed by atoms with van der Waals surface area (Å²) in [5.74, 6) is -2.07. The number of carboxylic acids is 1. The van der Waals surface area contributed by atoms with E-state index >= 15 is 0 Å². The van der Waals surface area contributed by atoms with Crippen LogP contribution in [0.3, 0.4) is 0 Å². The number of pyridine rings is 1. The number of rotatable bonds is 8. The number of nitrogens with one attached hydrogen (secondary N) is 2. The maximum Gasteiger partial charge on any atom is 0.306 e. The Hall–Kier alpha value is -4.72. The highest BCUT2D eigenvalue weighted by atomic mass is 35.5. The molecule has 0 bridgehead atoms. The van der Waals surface area contributed by atoms with Gasteiger partial charge in [-0.05, 0) is 69.1 Å². The lowest BCUT2D eigenvalue weighted by Gasteiger charge is -2.38. The minimum atomic E-state index is -2.89. The van der Waals surface area contributed by atoms with Crippen LogP contribution in [0.5, 0.6) is 0 Å². The highest BCUT2D eigenvalue weighted by Crippen LogP contribution is 2.41. The minimum Gasteiger partial charge on any atom is -0.481 e. The Morgan fingerprint density at radius 2 is 1.63 bits per heavy atom. The van der Waals surface area contributed by atoms with Crippen molar-refractivity contribution < 1.29 is 23.5 Å². The standard InChI is InChI=1S/C34H30Cl2F2N8O3/c35-27-19(5-1-7-21(27)40-31-29-23(9-3-13-39-29)41-32(43-31)30(37)38)20-6-2-8-22(28(20)36)42-33(47)24-17-26-25(10-4-14-46(26)44-24)45-15-11-18(12-16-45)34(48)49/h1-3,5-9,13,17-18,25,30H,4,10-12,14-16H2,(H,42,47)(H,48,49)(H,40,41,43)/t25-/m0/s1. The van der Waals surface area contributed by atoms with E-state index in [0.29, 0.717) is 60.5 Å². The Balaban J connectivity index is 1.12. The average molecular weight is 708 g/mol. The molecule has 252 valence electrons. The van der Waals surface area contributed by atoms with Crippen LogP contribution in [-0.4, -0.2) is 59.7 Å². The van der Waals surface area contributed by atoms with E-state index in [2.05, 4.69) is 35.6 Å². The predicted octanol–water partition coefficient (Wildman–Crippen LogP) is 7.76. The van der Waals surface area contributed by atoms with Crippen LogP contribution < -0.4 is 10.6 Å². The van der Waals surface area contributed by atoms with Gasteiger partial charge in [-0.3, -0.25) is 24.2 Å². The monoisotopic (exact) mass is 706 g/mol. The van der Waals surface area contributed by atoms with Gasteiger partial charge in [0.15, 0.2) is 17.3 Å². The summed E-state index contributed by atoms with van der Waals surface area (Å²) in [5, 5.41) is 20.4. The first-order valence-electron chi connectivity index (χ1n) is 15.8. The Morgan fingerprint density at radius 3 is 2.35 bits per heavy atom. The largest absolute Gasteiger partial charge is 0.481 e. The Morgan fingerprint density at radius 1 is 0.918 bits per heavy atom. The molecule has 7 rings (SSSR count). The van der Waals surface area contributed by atoms with Gasteiger partial charge in [0.25, 0.3) is 12.3 Å². The van der Waals surface area contributed by atoms with Crippen molar-refractivity contribution >= 4 is 63.3 Å². The molecule has 2 aromatic carbocycles. The van der Waals surface area contributed by atoms with Gasteiger partial charge in [-0.1, -0.05) is 47.5 Å². The third-order valence-corrected chi connectivity index (χ3v) is 9.82. The van der Waals surface area contributed by atoms with E-state index in [1.54, 1.807) is 54.6 Å². The van der Waals surface area contributed by atoms with E-state index in [1.165, 1.54) is 6.20 Å². The first-order valence-corrected chi connectivity index (χ1v) is 16.5. The number of halogens is 4. The second kappa shape index (κ2) is 13.7. The molecule has 49 heavy (non-hydrogen) atoms. The molecule has 1 atom stereocenters. The fourth-order valence-electron chi connectivity index (χ4n) is 6.56. The van der Waals surface area contributed by atoms with Gasteiger partial charge < -0.3 is 15.7 Å². The highest BCUT2D eigenvalue weighted by Gasteiger charge is 2.33. The van der Waals surface area contributed by atoms with Crippen LogP contribution in [0, 0.1) is 5.92 Å². The van der Waals surface area contributed by atoms with Crippen molar-refractivity contribution in [3.63, 3.8) is 0 Å². The lowest BCUT2D eigenvalue weighted by molar-refractivity contribution is -0.143. The SMILES string of the molecule is O=C(Nc1cccc(-c2cccc(Nc3nc(C(F)F)nc4cccnc34)c2Cl)c1Cl)c1cc2n(n1)CCC[C@@H]2N1CCC(C(=O)O)CC1. The van der Waals surface area contributed by atoms with Gasteiger partial charge in [0.1, 0.15) is 5.52 Å². The molecule has 5 heterocycles. The smallest absolute Gasteiger partial charge is 0.306 e. The number of aliphatic carboxylic acids is 1. The van der Waals surface area contributed by atoms with Gasteiger partial charge >= 0.3 is 5.97 Å². The third kappa shape index (κ3) is 6.53. The number of benzene rings is 2. The number of fused-ring (bicyclic) bond motifs is 2. The molecule has 1 saturated heterocycles. The predicted molar refractivity (Wildman–Crippen MR) is 182 cm³/mol. The number of carboxylic acid groups (broad SMARTS) is 1. The van der Waals surface area contributed by atoms with Crippen molar-refractivity contribution in [1.29, 1.82) is 0 Å². The molecule has 0 aliphatic carbocycles. The summed E-state index contributed by atoms with van der Waals surface area (Å²) < 4.78 is 29.0. The zero-order valence-corrected chi connectivity index (χ0v) is 27.4. The topological polar surface area (TPSA) is 138 Å². The van der Waals surface area contributed by atoms with E-state index in [1.807, 2.05) is 4.68 Å². The second-order valence-corrected chi connectivity index (χ2v) is 12.8. The first-order chi connectivity index (χ1) is 23.7. The Bertz CT molecular complexity index is 2070. The number of hydrogen-bond donors (Lipinski definition) is 3. The summed E-state index contributed by atoms with van der Waals surface area (Å²) in [4.78, 5) is 39.4. The Labute approximate surface area is 289 Å². The van der Waals surface area contributed by atoms with Crippen LogP contribution in [0.15, 0.2) is 60.8 Å². The van der Waals surface area contributed by atoms with Crippen molar-refractivity contribution in [2.75, 3.05) is 23.7 Å². The second-order valence-electron chi connectivity index (χ2n) is 12.0. The van der Waals surface area contributed by atoms with Crippen LogP contribution in [-0.2, 0) is 11.3 Å². The first kappa shape index (κ1) is 32.8. The number of alkyl halides is 2. The quantitative estimate of drug-likeness (QED) is 0.148. The fourth-order valence-corrected chi connectivity index (χ4v) is 7.11. The molecule has 0 radical (unpaired) electrons. The lowest BCUT2D eigenvalue weighted by Crippen LogP contribution is -2.40. The third-order valence-electron chi connectivity index (χ3n) is 9.01. The van der Waals surface area contributed by atoms with Crippen molar-refractivity contribution in [3.8, 4) is 11.1 Å². The number of nitrogens with zero attached hydrogens (tertiary/aromatic N) is 6. The van der Waals surface area contributed by atoms with Crippen LogP contribution in [0.1, 0.15) is 60.2 Å². The van der Waals surface area contributed by atoms with Crippen molar-refractivity contribution in [1.82, 2.24) is 29.6 Å². The summed E-state index contributed by atoms with van der Waals surface area (Å²) in [6, 6.07) is 15.4. The van der Waals surface area contributed by atoms with Gasteiger partial charge in [-0.15, -0.1) is 0 Å². The van der Waals surface area contributed by atoms with E-state index in [0.717, 1.165) is 18.5 Å². The molecule has 1 fully saturated rings. The molecule has 2 aliphatic heterocycles. The molecule has 3 N–H and O–H groups in total. The highest BCUT2D eigenvalue weighted by molar-refractivity contribution is 6.39. The summed E-state index contributed by atoms with van der Waals surface area (Å²) in [6.45, 7) is 2.05. The van der Waals surface area contributed by atoms with Gasteiger partial charge in [-0.25, -0.2) is 18.7 Å². The average Bonchev–Trinajstić information content (AvgIpc) is 3.55. The number of carbonyl (C=O) groups excluding carboxylic acids is 1. The fraction of sp³-hybridized carbons (Fsp3) is 0.294. The zero-order valence-electron chi connectivity index (χ0n) is 25.9. The number of carbonyl (C=O) groups is 2. The molecule has 5 aromatic rings. The number of anilines is 3. The van der Waals surface area contributed by atoms with E-state index < -0.39 is 24.1 Å². The van der Waals surface area contributed by atoms with E-state index in [4.69, 9.17) is 23.2 Å². The molecular weight excluding hydrogens is 677 g/mol. The molecule has 3 aromatic heterocycles. The zero-order chi connectivity index (χ0) is 34.2. The molecule has 2 aliphatic rings. The Kier molecular flexibility index (Phi) is 9.14. The number of hydrogen-bond acceptors (Lipinski definition) is 8. The molecular formula is C34H30Cl2F2N8O3. The van der Waals surface area contributed by atoms with Crippen LogP contribution in [0.4, 0.5) is 26.0 Å². The number of amides is 1. The summed E-state index contributed by atoms with van der Waals surface area (Å²) in [5.41, 5.74) is 3.52. The lowest BCUT2D eigenvalue weighted by atomic mass is 9.93. The molecule has 0 spiro atoms. The van der Waals surface area contributed by atoms with Gasteiger partial charge in [0.05, 0.1) is 44.6 Å². The number of likely N-dealkylation sites (tertiary alicyclic amines) is 1. The van der Waals surface area contributed by atoms with Crippen LogP contribution >= 0.6 is 23.2 Å². The molecule has 0 unspecified atom stereocenters. The molecule has 0 saturated carbocycles. The van der Waals surface area contributed by atoms with Crippen LogP contribution in [0.2, 0.25) is 10.0 Å². The minimum absolute atomic E-state index is 0.0607. The van der Waals surface area contributed by atoms with Crippen molar-refractivity contribution in [3.05, 3.63) is 88.1 Å². The molecule has 15 heteroatoms. The van der Waals surface area contributed by atoms with Gasteiger partial charge in [0, 0.05) is 23.9 Å². The number of piperidine rings is 1. The van der Waals surface area contributed by atoms with Gasteiger partial charge in [0.2, 0.25) is 0 Å². The van der Waals surface area contributed by atoms with Crippen LogP contribution in [0.25, 0.3) is 22.2 Å². The summed E-state index contributed by atoms with van der Waals surface area (Å²) in [7, 11) is 0. The molecule has 11 nitrogen and oxygen atoms in total. The normalized spacial score (nSPS) is 16.9. The number of aryl methyl sites for hydroxylation is 1. The van der Waals surface area contributed by atoms with Crippen molar-refractivity contribution in [2.24, 2.45) is 5.92 Å². The summed E-state index contributed by atoms with van der Waals surface area (Å²) in [6.07, 6.45) is 1.63. The van der Waals surface area contributed by atoms with Gasteiger partial charge in [-0.2, -0.15) is 5.10 Å². The van der Waals surface area contributed by atoms with E-state index in [-0.39, 0.29) is 39.0 Å². The number of aromatic nitrogens is 5. The molecule has 1 amide bonds. The maximum absolute atomic E-state index is 13.6. The van der Waals surface area contributed by atoms with E-state index in [9.17, 15) is 23.5 Å². The van der Waals surface area contributed by atoms with Crippen molar-refractivity contribution in [2.45, 2.75) is 44.7 Å².